The van der Waals surface area contributed by atoms with Crippen molar-refractivity contribution < 1.29 is 19.1 Å². The van der Waals surface area contributed by atoms with Gasteiger partial charge in [0, 0.05) is 44.2 Å². The Hall–Kier alpha value is -3.03. The Morgan fingerprint density at radius 3 is 2.57 bits per heavy atom. The number of imidazole rings is 1. The summed E-state index contributed by atoms with van der Waals surface area (Å²) in [5.74, 6) is -0.0335. The molecule has 1 aliphatic rings. The standard InChI is InChI=1S/C22H30N4O4/c1-14-11-26(21(28)30-22(2,3)4)9-8-18(14)29-19-7-6-15(10-16(19)20(23)27)17-12-25(5)13-24-17/h6-7,10,12-14,18H,8-9,11H2,1-5H3,(H2,23,27). The fourth-order valence-corrected chi connectivity index (χ4v) is 3.50. The molecule has 0 spiro atoms. The topological polar surface area (TPSA) is 99.7 Å². The average Bonchev–Trinajstić information content (AvgIpc) is 3.08. The van der Waals surface area contributed by atoms with Crippen molar-refractivity contribution >= 4 is 12.0 Å². The highest BCUT2D eigenvalue weighted by molar-refractivity contribution is 5.97. The number of rotatable bonds is 4. The van der Waals surface area contributed by atoms with Gasteiger partial charge in [-0.3, -0.25) is 4.79 Å². The van der Waals surface area contributed by atoms with Crippen LogP contribution in [0.25, 0.3) is 11.3 Å². The molecule has 2 unspecified atom stereocenters. The van der Waals surface area contributed by atoms with Crippen LogP contribution in [0.5, 0.6) is 5.75 Å². The summed E-state index contributed by atoms with van der Waals surface area (Å²) in [5, 5.41) is 0. The molecule has 2 heterocycles. The molecule has 1 aromatic heterocycles. The van der Waals surface area contributed by atoms with Crippen molar-refractivity contribution in [3.63, 3.8) is 0 Å². The lowest BCUT2D eigenvalue weighted by atomic mass is 9.96. The molecular formula is C22H30N4O4. The third kappa shape index (κ3) is 5.11. The Morgan fingerprint density at radius 2 is 2.00 bits per heavy atom. The van der Waals surface area contributed by atoms with Crippen LogP contribution in [-0.4, -0.2) is 51.2 Å². The Bertz CT molecular complexity index is 931. The molecule has 0 radical (unpaired) electrons. The third-order valence-electron chi connectivity index (χ3n) is 5.00. The van der Waals surface area contributed by atoms with Gasteiger partial charge >= 0.3 is 6.09 Å². The van der Waals surface area contributed by atoms with Crippen molar-refractivity contribution in [2.45, 2.75) is 45.8 Å². The summed E-state index contributed by atoms with van der Waals surface area (Å²) < 4.78 is 13.5. The highest BCUT2D eigenvalue weighted by Gasteiger charge is 2.33. The Balaban J connectivity index is 1.72. The molecule has 0 saturated carbocycles. The maximum absolute atomic E-state index is 12.3. The smallest absolute Gasteiger partial charge is 0.410 e. The number of nitrogens with two attached hydrogens (primary N) is 1. The van der Waals surface area contributed by atoms with Crippen LogP contribution in [0.1, 0.15) is 44.5 Å². The van der Waals surface area contributed by atoms with E-state index in [2.05, 4.69) is 4.98 Å². The van der Waals surface area contributed by atoms with Gasteiger partial charge in [-0.15, -0.1) is 0 Å². The van der Waals surface area contributed by atoms with Gasteiger partial charge in [-0.25, -0.2) is 9.78 Å². The van der Waals surface area contributed by atoms with Crippen LogP contribution in [-0.2, 0) is 11.8 Å². The molecule has 8 heteroatoms. The molecule has 1 saturated heterocycles. The zero-order valence-electron chi connectivity index (χ0n) is 18.2. The lowest BCUT2D eigenvalue weighted by Crippen LogP contribution is -2.48. The van der Waals surface area contributed by atoms with Gasteiger partial charge in [0.05, 0.1) is 17.6 Å². The fraction of sp³-hybridized carbons (Fsp3) is 0.500. The van der Waals surface area contributed by atoms with Gasteiger partial charge in [-0.05, 0) is 39.0 Å². The van der Waals surface area contributed by atoms with Crippen molar-refractivity contribution in [2.24, 2.45) is 18.7 Å². The molecule has 2 aromatic rings. The Morgan fingerprint density at radius 1 is 1.27 bits per heavy atom. The van der Waals surface area contributed by atoms with Gasteiger partial charge in [-0.2, -0.15) is 0 Å². The van der Waals surface area contributed by atoms with Crippen LogP contribution >= 0.6 is 0 Å². The summed E-state index contributed by atoms with van der Waals surface area (Å²) in [4.78, 5) is 30.4. The maximum Gasteiger partial charge on any atom is 0.410 e. The number of aromatic nitrogens is 2. The molecule has 3 rings (SSSR count). The first-order chi connectivity index (χ1) is 14.0. The summed E-state index contributed by atoms with van der Waals surface area (Å²) in [6.45, 7) is 8.63. The summed E-state index contributed by atoms with van der Waals surface area (Å²) in [6.07, 6.45) is 3.76. The first kappa shape index (κ1) is 21.7. The number of hydrogen-bond donors (Lipinski definition) is 1. The number of primary amides is 1. The van der Waals surface area contributed by atoms with E-state index in [0.717, 1.165) is 11.3 Å². The number of hydrogen-bond acceptors (Lipinski definition) is 5. The minimum Gasteiger partial charge on any atom is -0.489 e. The van der Waals surface area contributed by atoms with Crippen LogP contribution in [0.4, 0.5) is 4.79 Å². The highest BCUT2D eigenvalue weighted by Crippen LogP contribution is 2.30. The normalized spacial score (nSPS) is 19.4. The van der Waals surface area contributed by atoms with E-state index >= 15 is 0 Å². The Kier molecular flexibility index (Phi) is 6.05. The number of piperidine rings is 1. The predicted octanol–water partition coefficient (Wildman–Crippen LogP) is 3.21. The van der Waals surface area contributed by atoms with Crippen LogP contribution in [0, 0.1) is 5.92 Å². The number of nitrogens with zero attached hydrogens (tertiary/aromatic N) is 3. The van der Waals surface area contributed by atoms with Crippen LogP contribution in [0.2, 0.25) is 0 Å². The SMILES string of the molecule is CC1CN(C(=O)OC(C)(C)C)CCC1Oc1ccc(-c2cn(C)cn2)cc1C(N)=O. The van der Waals surface area contributed by atoms with Crippen molar-refractivity contribution in [1.29, 1.82) is 0 Å². The molecule has 0 aliphatic carbocycles. The zero-order chi connectivity index (χ0) is 22.1. The van der Waals surface area contributed by atoms with Crippen LogP contribution in [0.3, 0.4) is 0 Å². The highest BCUT2D eigenvalue weighted by atomic mass is 16.6. The summed E-state index contributed by atoms with van der Waals surface area (Å²) in [5.41, 5.74) is 6.96. The number of carbonyl (C=O) groups excluding carboxylic acids is 2. The molecule has 1 aromatic carbocycles. The first-order valence-electron chi connectivity index (χ1n) is 10.1. The minimum absolute atomic E-state index is 0.0717. The summed E-state index contributed by atoms with van der Waals surface area (Å²) in [6, 6.07) is 5.34. The second kappa shape index (κ2) is 8.38. The van der Waals surface area contributed by atoms with E-state index in [1.165, 1.54) is 0 Å². The fourth-order valence-electron chi connectivity index (χ4n) is 3.50. The lowest BCUT2D eigenvalue weighted by molar-refractivity contribution is 0.000296. The van der Waals surface area contributed by atoms with Crippen LogP contribution in [0.15, 0.2) is 30.7 Å². The van der Waals surface area contributed by atoms with E-state index < -0.39 is 11.5 Å². The maximum atomic E-state index is 12.3. The lowest BCUT2D eigenvalue weighted by Gasteiger charge is -2.37. The second-order valence-corrected chi connectivity index (χ2v) is 8.85. The van der Waals surface area contributed by atoms with Crippen molar-refractivity contribution in [3.8, 4) is 17.0 Å². The average molecular weight is 415 g/mol. The van der Waals surface area contributed by atoms with Gasteiger partial charge in [0.1, 0.15) is 17.5 Å². The summed E-state index contributed by atoms with van der Waals surface area (Å²) >= 11 is 0. The quantitative estimate of drug-likeness (QED) is 0.828. The zero-order valence-corrected chi connectivity index (χ0v) is 18.2. The number of ether oxygens (including phenoxy) is 2. The third-order valence-corrected chi connectivity index (χ3v) is 5.00. The molecule has 162 valence electrons. The first-order valence-corrected chi connectivity index (χ1v) is 10.1. The van der Waals surface area contributed by atoms with E-state index in [9.17, 15) is 9.59 Å². The molecule has 30 heavy (non-hydrogen) atoms. The van der Waals surface area contributed by atoms with E-state index in [1.54, 1.807) is 23.4 Å². The molecule has 2 amide bonds. The number of benzene rings is 1. The molecule has 1 aliphatic heterocycles. The van der Waals surface area contributed by atoms with Gasteiger partial charge in [0.15, 0.2) is 0 Å². The van der Waals surface area contributed by atoms with Gasteiger partial charge in [0.25, 0.3) is 5.91 Å². The molecule has 2 atom stereocenters. The van der Waals surface area contributed by atoms with Crippen LogP contribution < -0.4 is 10.5 Å². The number of likely N-dealkylation sites (tertiary alicyclic amines) is 1. The summed E-state index contributed by atoms with van der Waals surface area (Å²) in [7, 11) is 1.88. The van der Waals surface area contributed by atoms with E-state index in [4.69, 9.17) is 15.2 Å². The van der Waals surface area contributed by atoms with Crippen molar-refractivity contribution in [3.05, 3.63) is 36.3 Å². The minimum atomic E-state index is -0.554. The van der Waals surface area contributed by atoms with E-state index in [1.807, 2.05) is 51.6 Å². The predicted molar refractivity (Wildman–Crippen MR) is 113 cm³/mol. The molecule has 2 N–H and O–H groups in total. The molecule has 1 fully saturated rings. The monoisotopic (exact) mass is 414 g/mol. The molecular weight excluding hydrogens is 384 g/mol. The van der Waals surface area contributed by atoms with Crippen molar-refractivity contribution in [1.82, 2.24) is 14.5 Å². The second-order valence-electron chi connectivity index (χ2n) is 8.85. The molecule has 8 nitrogen and oxygen atoms in total. The van der Waals surface area contributed by atoms with Gasteiger partial charge in [0.2, 0.25) is 0 Å². The van der Waals surface area contributed by atoms with E-state index in [0.29, 0.717) is 30.8 Å². The Labute approximate surface area is 177 Å². The van der Waals surface area contributed by atoms with E-state index in [-0.39, 0.29) is 18.1 Å². The largest absolute Gasteiger partial charge is 0.489 e. The number of aryl methyl sites for hydroxylation is 1. The van der Waals surface area contributed by atoms with Gasteiger partial charge < -0.3 is 24.7 Å². The van der Waals surface area contributed by atoms with Gasteiger partial charge in [-0.1, -0.05) is 6.92 Å². The van der Waals surface area contributed by atoms with Crippen molar-refractivity contribution in [2.75, 3.05) is 13.1 Å². The number of amides is 2. The number of carbonyl (C=O) groups is 2. The molecule has 0 bridgehead atoms.